The Bertz CT molecular complexity index is 1070. The number of ether oxygens (including phenoxy) is 1. The van der Waals surface area contributed by atoms with Crippen LogP contribution in [-0.4, -0.2) is 40.7 Å². The molecule has 0 unspecified atom stereocenters. The van der Waals surface area contributed by atoms with Gasteiger partial charge in [0.15, 0.2) is 0 Å². The molecule has 0 aliphatic carbocycles. The zero-order valence-corrected chi connectivity index (χ0v) is 18.4. The summed E-state index contributed by atoms with van der Waals surface area (Å²) in [6, 6.07) is 15.0. The van der Waals surface area contributed by atoms with E-state index in [1.54, 1.807) is 23.5 Å². The van der Waals surface area contributed by atoms with Crippen LogP contribution in [0.1, 0.15) is 32.4 Å². The molecule has 0 bridgehead atoms. The molecule has 3 aromatic rings. The molecule has 2 heterocycles. The summed E-state index contributed by atoms with van der Waals surface area (Å²) in [5.74, 6) is -1.57. The van der Waals surface area contributed by atoms with Crippen molar-refractivity contribution in [3.8, 4) is 5.75 Å². The second-order valence-electron chi connectivity index (χ2n) is 6.86. The molecular weight excluding hydrogens is 438 g/mol. The number of thiophene rings is 1. The molecule has 0 saturated heterocycles. The molecule has 31 heavy (non-hydrogen) atoms. The molecule has 0 amide bonds. The summed E-state index contributed by atoms with van der Waals surface area (Å²) in [6.45, 7) is 1.59. The molecule has 1 aliphatic heterocycles. The Kier molecular flexibility index (Phi) is 7.68. The zero-order valence-electron chi connectivity index (χ0n) is 16.8. The van der Waals surface area contributed by atoms with Crippen LogP contribution in [0.5, 0.6) is 5.75 Å². The summed E-state index contributed by atoms with van der Waals surface area (Å²) >= 11 is 8.07. The van der Waals surface area contributed by atoms with Gasteiger partial charge in [-0.2, -0.15) is 0 Å². The first-order valence-electron chi connectivity index (χ1n) is 9.55. The first-order chi connectivity index (χ1) is 14.9. The van der Waals surface area contributed by atoms with E-state index in [1.165, 1.54) is 29.7 Å². The van der Waals surface area contributed by atoms with Crippen molar-refractivity contribution in [2.45, 2.75) is 19.0 Å². The van der Waals surface area contributed by atoms with Crippen LogP contribution in [0.25, 0.3) is 0 Å². The normalized spacial score (nSPS) is 14.0. The Labute approximate surface area is 189 Å². The van der Waals surface area contributed by atoms with E-state index < -0.39 is 12.0 Å². The average Bonchev–Trinajstić information content (AvgIpc) is 3.24. The number of fused-ring (bicyclic) bond motifs is 1. The van der Waals surface area contributed by atoms with E-state index >= 15 is 0 Å². The Hall–Kier alpha value is -2.87. The quantitative estimate of drug-likeness (QED) is 0.547. The summed E-state index contributed by atoms with van der Waals surface area (Å²) in [6.07, 6.45) is 0.963. The number of benzene rings is 2. The topological polar surface area (TPSA) is 87.1 Å². The van der Waals surface area contributed by atoms with Crippen LogP contribution in [0.2, 0.25) is 5.02 Å². The number of rotatable bonds is 4. The first kappa shape index (κ1) is 22.8. The largest absolute Gasteiger partial charge is 0.507 e. The number of aromatic hydroxyl groups is 1. The van der Waals surface area contributed by atoms with Gasteiger partial charge in [0.05, 0.1) is 7.11 Å². The number of carbonyl (C=O) groups is 2. The summed E-state index contributed by atoms with van der Waals surface area (Å²) in [4.78, 5) is 26.1. The Morgan fingerprint density at radius 1 is 1.13 bits per heavy atom. The maximum absolute atomic E-state index is 12.3. The van der Waals surface area contributed by atoms with Gasteiger partial charge in [-0.05, 0) is 47.2 Å². The highest BCUT2D eigenvalue weighted by molar-refractivity contribution is 7.10. The predicted molar refractivity (Wildman–Crippen MR) is 120 cm³/mol. The molecule has 8 heteroatoms. The number of hydrogen-bond donors (Lipinski definition) is 2. The van der Waals surface area contributed by atoms with E-state index in [2.05, 4.69) is 16.3 Å². The number of carboxylic acid groups (broad SMARTS) is 1. The Morgan fingerprint density at radius 2 is 1.84 bits per heavy atom. The third-order valence-electron chi connectivity index (χ3n) is 4.96. The van der Waals surface area contributed by atoms with Crippen molar-refractivity contribution in [2.75, 3.05) is 13.7 Å². The van der Waals surface area contributed by atoms with Gasteiger partial charge >= 0.3 is 11.9 Å². The fourth-order valence-electron chi connectivity index (χ4n) is 3.43. The van der Waals surface area contributed by atoms with E-state index in [1.807, 2.05) is 24.3 Å². The lowest BCUT2D eigenvalue weighted by molar-refractivity contribution is -0.147. The van der Waals surface area contributed by atoms with Gasteiger partial charge in [-0.15, -0.1) is 11.3 Å². The third-order valence-corrected chi connectivity index (χ3v) is 6.33. The van der Waals surface area contributed by atoms with Gasteiger partial charge in [-0.25, -0.2) is 9.59 Å². The van der Waals surface area contributed by atoms with E-state index in [9.17, 15) is 9.59 Å². The van der Waals surface area contributed by atoms with E-state index in [0.29, 0.717) is 5.02 Å². The lowest BCUT2D eigenvalue weighted by atomic mass is 10.0. The number of esters is 1. The van der Waals surface area contributed by atoms with E-state index in [0.717, 1.165) is 25.1 Å². The summed E-state index contributed by atoms with van der Waals surface area (Å²) in [5, 5.41) is 20.0. The van der Waals surface area contributed by atoms with Gasteiger partial charge in [0, 0.05) is 23.0 Å². The Balaban J connectivity index is 0.000000229. The van der Waals surface area contributed by atoms with E-state index in [4.69, 9.17) is 26.6 Å². The van der Waals surface area contributed by atoms with Crippen LogP contribution < -0.4 is 0 Å². The number of phenols is 1. The van der Waals surface area contributed by atoms with Crippen LogP contribution in [0.15, 0.2) is 60.0 Å². The molecule has 0 saturated carbocycles. The van der Waals surface area contributed by atoms with Crippen LogP contribution >= 0.6 is 22.9 Å². The van der Waals surface area contributed by atoms with Crippen LogP contribution in [0.4, 0.5) is 0 Å². The van der Waals surface area contributed by atoms with Gasteiger partial charge in [0.25, 0.3) is 0 Å². The first-order valence-corrected chi connectivity index (χ1v) is 10.8. The predicted octanol–water partition coefficient (Wildman–Crippen LogP) is 4.76. The van der Waals surface area contributed by atoms with Crippen molar-refractivity contribution in [2.24, 2.45) is 0 Å². The number of methoxy groups -OCH3 is 1. The van der Waals surface area contributed by atoms with Crippen molar-refractivity contribution in [3.63, 3.8) is 0 Å². The van der Waals surface area contributed by atoms with Crippen molar-refractivity contribution in [1.29, 1.82) is 0 Å². The lowest BCUT2D eigenvalue weighted by Crippen LogP contribution is -2.38. The van der Waals surface area contributed by atoms with Crippen molar-refractivity contribution in [3.05, 3.63) is 86.6 Å². The van der Waals surface area contributed by atoms with Gasteiger partial charge in [0.2, 0.25) is 0 Å². The van der Waals surface area contributed by atoms with Gasteiger partial charge < -0.3 is 14.9 Å². The molecule has 6 nitrogen and oxygen atoms in total. The number of halogens is 1. The monoisotopic (exact) mass is 459 g/mol. The van der Waals surface area contributed by atoms with Crippen LogP contribution in [0.3, 0.4) is 0 Å². The second kappa shape index (κ2) is 10.4. The fraction of sp³-hybridized carbons (Fsp3) is 0.217. The molecule has 2 N–H and O–H groups in total. The molecule has 0 radical (unpaired) electrons. The number of nitrogens with zero attached hydrogens (tertiary/aromatic N) is 1. The molecule has 4 rings (SSSR count). The number of aromatic carboxylic acids is 1. The molecule has 162 valence electrons. The minimum Gasteiger partial charge on any atom is -0.507 e. The number of carboxylic acids is 1. The smallest absolute Gasteiger partial charge is 0.339 e. The highest BCUT2D eigenvalue weighted by atomic mass is 35.5. The average molecular weight is 460 g/mol. The van der Waals surface area contributed by atoms with Crippen molar-refractivity contribution >= 4 is 34.9 Å². The van der Waals surface area contributed by atoms with Crippen LogP contribution in [-0.2, 0) is 22.5 Å². The minimum absolute atomic E-state index is 0.0671. The number of carbonyl (C=O) groups excluding carboxylic acids is 1. The molecule has 2 aromatic carbocycles. The fourth-order valence-corrected chi connectivity index (χ4v) is 4.56. The molecule has 0 spiro atoms. The SMILES string of the molecule is COC(=O)[C@@H](c1ccccc1Cl)N1CCc2sccc2C1.O=C(O)c1ccccc1O. The lowest BCUT2D eigenvalue weighted by Gasteiger charge is -2.33. The summed E-state index contributed by atoms with van der Waals surface area (Å²) in [5.41, 5.74) is 2.04. The number of para-hydroxylation sites is 1. The summed E-state index contributed by atoms with van der Waals surface area (Å²) in [7, 11) is 1.42. The maximum Gasteiger partial charge on any atom is 0.339 e. The van der Waals surface area contributed by atoms with Crippen molar-refractivity contribution in [1.82, 2.24) is 4.90 Å². The maximum atomic E-state index is 12.3. The highest BCUT2D eigenvalue weighted by Gasteiger charge is 2.32. The number of hydrogen-bond acceptors (Lipinski definition) is 6. The molecular formula is C23H22ClNO5S. The minimum atomic E-state index is -1.11. The van der Waals surface area contributed by atoms with Gasteiger partial charge in [-0.1, -0.05) is 41.9 Å². The highest BCUT2D eigenvalue weighted by Crippen LogP contribution is 2.33. The third kappa shape index (κ3) is 5.44. The molecule has 1 aromatic heterocycles. The van der Waals surface area contributed by atoms with Crippen LogP contribution in [0, 0.1) is 0 Å². The standard InChI is InChI=1S/C16H16ClNO2S.C7H6O3/c1-20-16(19)15(12-4-2-3-5-13(12)17)18-8-6-14-11(10-18)7-9-21-14;8-6-4-2-1-3-5(6)7(9)10/h2-5,7,9,15H,6,8,10H2,1H3;1-4,8H,(H,9,10)/t15-;/m1./s1. The second-order valence-corrected chi connectivity index (χ2v) is 8.27. The summed E-state index contributed by atoms with van der Waals surface area (Å²) < 4.78 is 5.01. The molecule has 0 fully saturated rings. The molecule has 1 aliphatic rings. The van der Waals surface area contributed by atoms with Crippen molar-refractivity contribution < 1.29 is 24.5 Å². The van der Waals surface area contributed by atoms with Gasteiger partial charge in [0.1, 0.15) is 17.4 Å². The van der Waals surface area contributed by atoms with Gasteiger partial charge in [-0.3, -0.25) is 4.90 Å². The Morgan fingerprint density at radius 3 is 2.48 bits per heavy atom. The molecule has 1 atom stereocenters. The zero-order chi connectivity index (χ0) is 22.4. The van der Waals surface area contributed by atoms with E-state index in [-0.39, 0.29) is 17.3 Å².